The second-order valence-electron chi connectivity index (χ2n) is 9.69. The van der Waals surface area contributed by atoms with E-state index in [1.54, 1.807) is 0 Å². The first-order valence-electron chi connectivity index (χ1n) is 9.45. The number of carbonyl (C=O) groups excluding carboxylic acids is 1. The Hall–Kier alpha value is -0.650. The lowest BCUT2D eigenvalue weighted by Crippen LogP contribution is -2.62. The summed E-state index contributed by atoms with van der Waals surface area (Å²) >= 11 is 0. The molecule has 2 aliphatic heterocycles. The van der Waals surface area contributed by atoms with Crippen LogP contribution in [0.15, 0.2) is 0 Å². The molecule has 24 heavy (non-hydrogen) atoms. The highest BCUT2D eigenvalue weighted by Crippen LogP contribution is 2.33. The van der Waals surface area contributed by atoms with Gasteiger partial charge in [-0.1, -0.05) is 0 Å². The fraction of sp³-hybridized carbons (Fsp3) is 0.947. The van der Waals surface area contributed by atoms with Gasteiger partial charge in [0.25, 0.3) is 0 Å². The van der Waals surface area contributed by atoms with E-state index in [0.29, 0.717) is 12.0 Å². The Morgan fingerprint density at radius 2 is 1.79 bits per heavy atom. The number of amides is 1. The maximum atomic E-state index is 12.2. The molecule has 0 aromatic carbocycles. The number of likely N-dealkylation sites (tertiary alicyclic amines) is 1. The summed E-state index contributed by atoms with van der Waals surface area (Å²) in [5.41, 5.74) is -0.119. The molecule has 2 aliphatic rings. The Labute approximate surface area is 148 Å². The second kappa shape index (κ2) is 6.93. The van der Waals surface area contributed by atoms with E-state index < -0.39 is 5.54 Å². The van der Waals surface area contributed by atoms with E-state index in [0.717, 1.165) is 19.6 Å². The molecule has 0 bridgehead atoms. The van der Waals surface area contributed by atoms with Crippen LogP contribution in [0.5, 0.6) is 0 Å². The van der Waals surface area contributed by atoms with Crippen LogP contribution in [-0.2, 0) is 4.79 Å². The van der Waals surface area contributed by atoms with Crippen molar-refractivity contribution >= 4 is 5.91 Å². The van der Waals surface area contributed by atoms with Crippen LogP contribution in [0, 0.1) is 5.92 Å². The largest absolute Gasteiger partial charge is 0.354 e. The van der Waals surface area contributed by atoms with Gasteiger partial charge >= 0.3 is 0 Å². The molecule has 0 aromatic heterocycles. The zero-order chi connectivity index (χ0) is 18.2. The zero-order valence-corrected chi connectivity index (χ0v) is 16.8. The molecule has 3 N–H and O–H groups in total. The molecule has 5 nitrogen and oxygen atoms in total. The van der Waals surface area contributed by atoms with E-state index in [1.807, 2.05) is 20.9 Å². The fourth-order valence-corrected chi connectivity index (χ4v) is 4.46. The van der Waals surface area contributed by atoms with Crippen LogP contribution in [-0.4, -0.2) is 60.1 Å². The highest BCUT2D eigenvalue weighted by Gasteiger charge is 2.41. The monoisotopic (exact) mass is 338 g/mol. The third kappa shape index (κ3) is 4.93. The molecule has 2 fully saturated rings. The molecule has 0 aromatic rings. The number of hydrogen-bond donors (Lipinski definition) is 3. The highest BCUT2D eigenvalue weighted by atomic mass is 16.2. The van der Waals surface area contributed by atoms with Crippen LogP contribution in [0.1, 0.15) is 60.8 Å². The Kier molecular flexibility index (Phi) is 5.68. The van der Waals surface area contributed by atoms with Crippen molar-refractivity contribution in [2.45, 2.75) is 83.5 Å². The van der Waals surface area contributed by atoms with Gasteiger partial charge in [-0.3, -0.25) is 9.69 Å². The van der Waals surface area contributed by atoms with E-state index in [1.165, 1.54) is 19.3 Å². The van der Waals surface area contributed by atoms with Crippen molar-refractivity contribution in [1.29, 1.82) is 0 Å². The Morgan fingerprint density at radius 1 is 1.21 bits per heavy atom. The minimum absolute atomic E-state index is 0.0904. The molecular weight excluding hydrogens is 300 g/mol. The summed E-state index contributed by atoms with van der Waals surface area (Å²) in [7, 11) is 1.83. The van der Waals surface area contributed by atoms with Crippen molar-refractivity contribution < 1.29 is 4.79 Å². The number of carbonyl (C=O) groups is 1. The van der Waals surface area contributed by atoms with E-state index in [9.17, 15) is 4.79 Å². The Bertz CT molecular complexity index is 442. The van der Waals surface area contributed by atoms with E-state index in [4.69, 9.17) is 0 Å². The average molecular weight is 339 g/mol. The summed E-state index contributed by atoms with van der Waals surface area (Å²) in [5, 5.41) is 9.97. The molecule has 2 rings (SSSR count). The number of likely N-dealkylation sites (N-methyl/N-ethyl adjacent to an activating group) is 1. The fourth-order valence-electron chi connectivity index (χ4n) is 4.46. The summed E-state index contributed by atoms with van der Waals surface area (Å²) in [5.74, 6) is 0.662. The third-order valence-electron chi connectivity index (χ3n) is 5.75. The highest BCUT2D eigenvalue weighted by molar-refractivity contribution is 5.85. The summed E-state index contributed by atoms with van der Waals surface area (Å²) in [6, 6.07) is 0.644. The average Bonchev–Trinajstić information content (AvgIpc) is 2.90. The molecule has 0 aliphatic carbocycles. The molecule has 140 valence electrons. The van der Waals surface area contributed by atoms with Gasteiger partial charge in [0.15, 0.2) is 0 Å². The van der Waals surface area contributed by atoms with Crippen LogP contribution in [0.3, 0.4) is 0 Å². The minimum atomic E-state index is -0.499. The minimum Gasteiger partial charge on any atom is -0.354 e. The molecule has 0 spiro atoms. The Balaban J connectivity index is 1.86. The lowest BCUT2D eigenvalue weighted by molar-refractivity contribution is -0.126. The number of nitrogens with one attached hydrogen (secondary N) is 3. The van der Waals surface area contributed by atoms with Gasteiger partial charge in [0.1, 0.15) is 0 Å². The van der Waals surface area contributed by atoms with Gasteiger partial charge in [0.05, 0.1) is 5.54 Å². The Morgan fingerprint density at radius 3 is 2.33 bits per heavy atom. The predicted octanol–water partition coefficient (Wildman–Crippen LogP) is 1.73. The predicted molar refractivity (Wildman–Crippen MR) is 100 cm³/mol. The summed E-state index contributed by atoms with van der Waals surface area (Å²) in [6.45, 7) is 16.2. The smallest absolute Gasteiger partial charge is 0.239 e. The van der Waals surface area contributed by atoms with Crippen LogP contribution in [0.25, 0.3) is 0 Å². The van der Waals surface area contributed by atoms with Crippen molar-refractivity contribution in [3.05, 3.63) is 0 Å². The number of nitrogens with zero attached hydrogens (tertiary/aromatic N) is 1. The maximum Gasteiger partial charge on any atom is 0.239 e. The van der Waals surface area contributed by atoms with Crippen molar-refractivity contribution in [2.24, 2.45) is 5.92 Å². The first-order chi connectivity index (χ1) is 10.9. The molecule has 2 saturated heterocycles. The van der Waals surface area contributed by atoms with Crippen molar-refractivity contribution in [3.63, 3.8) is 0 Å². The topological polar surface area (TPSA) is 56.4 Å². The first kappa shape index (κ1) is 19.7. The molecule has 1 amide bonds. The van der Waals surface area contributed by atoms with Gasteiger partial charge in [-0.2, -0.15) is 0 Å². The maximum absolute atomic E-state index is 12.2. The quantitative estimate of drug-likeness (QED) is 0.715. The van der Waals surface area contributed by atoms with Crippen molar-refractivity contribution in [1.82, 2.24) is 20.9 Å². The van der Waals surface area contributed by atoms with E-state index in [2.05, 4.69) is 48.5 Å². The molecule has 1 atom stereocenters. The summed E-state index contributed by atoms with van der Waals surface area (Å²) in [6.07, 6.45) is 3.58. The van der Waals surface area contributed by atoms with Crippen molar-refractivity contribution in [2.75, 3.05) is 26.7 Å². The van der Waals surface area contributed by atoms with E-state index >= 15 is 0 Å². The summed E-state index contributed by atoms with van der Waals surface area (Å²) < 4.78 is 0. The van der Waals surface area contributed by atoms with Gasteiger partial charge < -0.3 is 16.0 Å². The number of piperidine rings is 1. The van der Waals surface area contributed by atoms with Crippen LogP contribution in [0.4, 0.5) is 0 Å². The van der Waals surface area contributed by atoms with Gasteiger partial charge in [-0.15, -0.1) is 0 Å². The normalized spacial score (nSPS) is 28.0. The standard InChI is InChI=1S/C19H38N4O/c1-17(2)10-15(11-18(3,4)22-17)23-9-8-14(13-23)12-21-16(24)19(5,6)20-7/h14-15,20,22H,8-13H2,1-7H3,(H,21,24)/t14-/m0/s1. The molecule has 0 saturated carbocycles. The lowest BCUT2D eigenvalue weighted by atomic mass is 9.79. The van der Waals surface area contributed by atoms with Gasteiger partial charge in [-0.25, -0.2) is 0 Å². The van der Waals surface area contributed by atoms with Gasteiger partial charge in [0.2, 0.25) is 5.91 Å². The number of hydrogen-bond acceptors (Lipinski definition) is 4. The van der Waals surface area contributed by atoms with E-state index in [-0.39, 0.29) is 17.0 Å². The molecule has 2 heterocycles. The van der Waals surface area contributed by atoms with Crippen LogP contribution in [0.2, 0.25) is 0 Å². The van der Waals surface area contributed by atoms with Crippen LogP contribution < -0.4 is 16.0 Å². The van der Waals surface area contributed by atoms with Crippen molar-refractivity contribution in [3.8, 4) is 0 Å². The molecular formula is C19H38N4O. The number of rotatable bonds is 5. The van der Waals surface area contributed by atoms with Gasteiger partial charge in [0, 0.05) is 30.2 Å². The third-order valence-corrected chi connectivity index (χ3v) is 5.75. The summed E-state index contributed by atoms with van der Waals surface area (Å²) in [4.78, 5) is 14.9. The SMILES string of the molecule is CNC(C)(C)C(=O)NC[C@@H]1CCN(C2CC(C)(C)NC(C)(C)C2)C1. The lowest BCUT2D eigenvalue weighted by Gasteiger charge is -2.49. The molecule has 0 radical (unpaired) electrons. The zero-order valence-electron chi connectivity index (χ0n) is 16.8. The van der Waals surface area contributed by atoms with Crippen LogP contribution >= 0.6 is 0 Å². The molecule has 0 unspecified atom stereocenters. The second-order valence-corrected chi connectivity index (χ2v) is 9.69. The molecule has 5 heteroatoms. The van der Waals surface area contributed by atoms with Gasteiger partial charge in [-0.05, 0) is 80.3 Å². The first-order valence-corrected chi connectivity index (χ1v) is 9.45.